The lowest BCUT2D eigenvalue weighted by Gasteiger charge is -2.30. The second-order valence-corrected chi connectivity index (χ2v) is 7.51. The van der Waals surface area contributed by atoms with Crippen LogP contribution in [-0.4, -0.2) is 21.6 Å². The molecule has 0 aromatic heterocycles. The predicted molar refractivity (Wildman–Crippen MR) is 87.1 cm³/mol. The lowest BCUT2D eigenvalue weighted by atomic mass is 10.1. The predicted octanol–water partition coefficient (Wildman–Crippen LogP) is 3.20. The summed E-state index contributed by atoms with van der Waals surface area (Å²) in [6.07, 6.45) is 0. The van der Waals surface area contributed by atoms with Crippen molar-refractivity contribution in [3.8, 4) is 5.75 Å². The molecule has 1 aliphatic heterocycles. The highest BCUT2D eigenvalue weighted by molar-refractivity contribution is 7.92. The molecule has 0 atom stereocenters. The van der Waals surface area contributed by atoms with Crippen LogP contribution in [0.2, 0.25) is 0 Å². The fourth-order valence-electron chi connectivity index (χ4n) is 2.55. The van der Waals surface area contributed by atoms with Crippen molar-refractivity contribution in [2.75, 3.05) is 17.5 Å². The van der Waals surface area contributed by atoms with Crippen molar-refractivity contribution in [3.05, 3.63) is 53.1 Å². The molecule has 0 fully saturated rings. The molecule has 0 saturated heterocycles. The summed E-state index contributed by atoms with van der Waals surface area (Å²) in [5.41, 5.74) is 3.67. The Morgan fingerprint density at radius 3 is 2.50 bits per heavy atom. The molecule has 116 valence electrons. The minimum Gasteiger partial charge on any atom is -0.489 e. The molecule has 2 aromatic rings. The molecule has 2 aromatic carbocycles. The van der Waals surface area contributed by atoms with Gasteiger partial charge in [0.05, 0.1) is 17.1 Å². The van der Waals surface area contributed by atoms with Gasteiger partial charge in [-0.1, -0.05) is 12.1 Å². The van der Waals surface area contributed by atoms with Crippen molar-refractivity contribution < 1.29 is 13.2 Å². The fourth-order valence-corrected chi connectivity index (χ4v) is 4.09. The van der Waals surface area contributed by atoms with Crippen LogP contribution in [0.25, 0.3) is 0 Å². The SMILES string of the molecule is Cc1ccc2c(c1)N(S(=O)(=O)c1ccc(C)c(C)c1)CCO2. The fraction of sp³-hybridized carbons (Fsp3) is 0.294. The third kappa shape index (κ3) is 2.46. The van der Waals surface area contributed by atoms with Crippen LogP contribution in [0.1, 0.15) is 16.7 Å². The molecule has 0 saturated carbocycles. The Labute approximate surface area is 131 Å². The van der Waals surface area contributed by atoms with Crippen LogP contribution in [0.5, 0.6) is 5.75 Å². The highest BCUT2D eigenvalue weighted by Crippen LogP contribution is 2.36. The summed E-state index contributed by atoms with van der Waals surface area (Å²) in [6.45, 7) is 6.52. The van der Waals surface area contributed by atoms with E-state index in [1.54, 1.807) is 12.1 Å². The van der Waals surface area contributed by atoms with Gasteiger partial charge in [0.15, 0.2) is 0 Å². The molecule has 0 unspecified atom stereocenters. The summed E-state index contributed by atoms with van der Waals surface area (Å²) in [4.78, 5) is 0.324. The summed E-state index contributed by atoms with van der Waals surface area (Å²) < 4.78 is 33.0. The van der Waals surface area contributed by atoms with Gasteiger partial charge in [0.1, 0.15) is 12.4 Å². The molecular weight excluding hydrogens is 298 g/mol. The zero-order valence-electron chi connectivity index (χ0n) is 13.0. The van der Waals surface area contributed by atoms with Crippen LogP contribution in [0.15, 0.2) is 41.3 Å². The standard InChI is InChI=1S/C17H19NO3S/c1-12-4-7-17-16(10-12)18(8-9-21-17)22(19,20)15-6-5-13(2)14(3)11-15/h4-7,10-11H,8-9H2,1-3H3. The number of hydrogen-bond acceptors (Lipinski definition) is 3. The lowest BCUT2D eigenvalue weighted by molar-refractivity contribution is 0.315. The number of hydrogen-bond donors (Lipinski definition) is 0. The van der Waals surface area contributed by atoms with Gasteiger partial charge >= 0.3 is 0 Å². The van der Waals surface area contributed by atoms with E-state index in [1.807, 2.05) is 45.0 Å². The Morgan fingerprint density at radius 1 is 1.00 bits per heavy atom. The smallest absolute Gasteiger partial charge is 0.264 e. The van der Waals surface area contributed by atoms with Gasteiger partial charge in [-0.2, -0.15) is 0 Å². The highest BCUT2D eigenvalue weighted by atomic mass is 32.2. The summed E-state index contributed by atoms with van der Waals surface area (Å²) >= 11 is 0. The first-order chi connectivity index (χ1) is 10.4. The molecule has 0 aliphatic carbocycles. The number of nitrogens with zero attached hydrogens (tertiary/aromatic N) is 1. The van der Waals surface area contributed by atoms with Gasteiger partial charge < -0.3 is 4.74 Å². The van der Waals surface area contributed by atoms with E-state index in [0.717, 1.165) is 16.7 Å². The summed E-state index contributed by atoms with van der Waals surface area (Å²) in [7, 11) is -3.58. The Bertz CT molecular complexity index is 828. The number of benzene rings is 2. The second-order valence-electron chi connectivity index (χ2n) is 5.64. The van der Waals surface area contributed by atoms with Crippen LogP contribution in [0.4, 0.5) is 5.69 Å². The zero-order chi connectivity index (χ0) is 15.9. The third-order valence-electron chi connectivity index (χ3n) is 4.00. The van der Waals surface area contributed by atoms with E-state index in [1.165, 1.54) is 4.31 Å². The van der Waals surface area contributed by atoms with Crippen molar-refractivity contribution in [1.82, 2.24) is 0 Å². The molecule has 0 bridgehead atoms. The molecular formula is C17H19NO3S. The van der Waals surface area contributed by atoms with E-state index >= 15 is 0 Å². The third-order valence-corrected chi connectivity index (χ3v) is 5.81. The number of aryl methyl sites for hydroxylation is 3. The van der Waals surface area contributed by atoms with Crippen molar-refractivity contribution in [2.24, 2.45) is 0 Å². The average molecular weight is 317 g/mol. The minimum atomic E-state index is -3.58. The van der Waals surface area contributed by atoms with Gasteiger partial charge in [-0.3, -0.25) is 4.31 Å². The first-order valence-corrected chi connectivity index (χ1v) is 8.67. The largest absolute Gasteiger partial charge is 0.489 e. The monoisotopic (exact) mass is 317 g/mol. The topological polar surface area (TPSA) is 46.6 Å². The Morgan fingerprint density at radius 2 is 1.77 bits per heavy atom. The van der Waals surface area contributed by atoms with Crippen molar-refractivity contribution in [2.45, 2.75) is 25.7 Å². The molecule has 0 amide bonds. The zero-order valence-corrected chi connectivity index (χ0v) is 13.8. The molecule has 1 aliphatic rings. The number of sulfonamides is 1. The normalized spacial score (nSPS) is 14.4. The first-order valence-electron chi connectivity index (χ1n) is 7.23. The van der Waals surface area contributed by atoms with E-state index in [2.05, 4.69) is 0 Å². The second kappa shape index (κ2) is 5.32. The Hall–Kier alpha value is -2.01. The maximum Gasteiger partial charge on any atom is 0.264 e. The molecule has 22 heavy (non-hydrogen) atoms. The maximum absolute atomic E-state index is 13.0. The molecule has 5 heteroatoms. The van der Waals surface area contributed by atoms with Crippen LogP contribution < -0.4 is 9.04 Å². The van der Waals surface area contributed by atoms with E-state index < -0.39 is 10.0 Å². The summed E-state index contributed by atoms with van der Waals surface area (Å²) in [5, 5.41) is 0. The number of rotatable bonds is 2. The molecule has 4 nitrogen and oxygen atoms in total. The number of ether oxygens (including phenoxy) is 1. The van der Waals surface area contributed by atoms with E-state index in [0.29, 0.717) is 29.5 Å². The Balaban J connectivity index is 2.11. The van der Waals surface area contributed by atoms with Gasteiger partial charge in [0.25, 0.3) is 10.0 Å². The molecule has 3 rings (SSSR count). The molecule has 1 heterocycles. The maximum atomic E-state index is 13.0. The van der Waals surface area contributed by atoms with Crippen LogP contribution >= 0.6 is 0 Å². The van der Waals surface area contributed by atoms with Crippen molar-refractivity contribution >= 4 is 15.7 Å². The van der Waals surface area contributed by atoms with Crippen LogP contribution in [0.3, 0.4) is 0 Å². The van der Waals surface area contributed by atoms with E-state index in [4.69, 9.17) is 4.74 Å². The van der Waals surface area contributed by atoms with Crippen LogP contribution in [0, 0.1) is 20.8 Å². The number of fused-ring (bicyclic) bond motifs is 1. The van der Waals surface area contributed by atoms with Gasteiger partial charge in [-0.25, -0.2) is 8.42 Å². The summed E-state index contributed by atoms with van der Waals surface area (Å²) in [5.74, 6) is 0.615. The summed E-state index contributed by atoms with van der Waals surface area (Å²) in [6, 6.07) is 10.9. The molecule has 0 radical (unpaired) electrons. The molecule has 0 spiro atoms. The van der Waals surface area contributed by atoms with E-state index in [9.17, 15) is 8.42 Å². The lowest BCUT2D eigenvalue weighted by Crippen LogP contribution is -2.38. The Kier molecular flexibility index (Phi) is 3.60. The van der Waals surface area contributed by atoms with E-state index in [-0.39, 0.29) is 0 Å². The van der Waals surface area contributed by atoms with Crippen LogP contribution in [-0.2, 0) is 10.0 Å². The number of anilines is 1. The molecule has 0 N–H and O–H groups in total. The van der Waals surface area contributed by atoms with Crippen molar-refractivity contribution in [1.29, 1.82) is 0 Å². The van der Waals surface area contributed by atoms with Gasteiger partial charge in [0, 0.05) is 0 Å². The minimum absolute atomic E-state index is 0.324. The average Bonchev–Trinajstić information content (AvgIpc) is 2.49. The quantitative estimate of drug-likeness (QED) is 0.854. The highest BCUT2D eigenvalue weighted by Gasteiger charge is 2.30. The van der Waals surface area contributed by atoms with Crippen molar-refractivity contribution in [3.63, 3.8) is 0 Å². The van der Waals surface area contributed by atoms with Gasteiger partial charge in [-0.05, 0) is 61.7 Å². The first kappa shape index (κ1) is 14.9. The van der Waals surface area contributed by atoms with Gasteiger partial charge in [-0.15, -0.1) is 0 Å². The van der Waals surface area contributed by atoms with Gasteiger partial charge in [0.2, 0.25) is 0 Å².